The molecule has 1 amide bonds. The summed E-state index contributed by atoms with van der Waals surface area (Å²) in [6, 6.07) is 10.6. The largest absolute Gasteiger partial charge is 0.336 e. The molecule has 0 saturated heterocycles. The molecule has 0 unspecified atom stereocenters. The first kappa shape index (κ1) is 18.1. The Morgan fingerprint density at radius 2 is 2.04 bits per heavy atom. The van der Waals surface area contributed by atoms with Crippen LogP contribution in [-0.2, 0) is 20.1 Å². The lowest BCUT2D eigenvalue weighted by molar-refractivity contribution is 0.0728. The van der Waals surface area contributed by atoms with Gasteiger partial charge >= 0.3 is 0 Å². The zero-order valence-electron chi connectivity index (χ0n) is 14.2. The van der Waals surface area contributed by atoms with E-state index in [-0.39, 0.29) is 17.2 Å². The van der Waals surface area contributed by atoms with E-state index in [4.69, 9.17) is 0 Å². The van der Waals surface area contributed by atoms with Crippen molar-refractivity contribution >= 4 is 21.8 Å². The fourth-order valence-electron chi connectivity index (χ4n) is 2.52. The minimum absolute atomic E-state index is 0.225. The van der Waals surface area contributed by atoms with Crippen LogP contribution in [0.15, 0.2) is 64.4 Å². The third-order valence-corrected chi connectivity index (χ3v) is 4.75. The second-order valence-electron chi connectivity index (χ2n) is 5.80. The van der Waals surface area contributed by atoms with Crippen LogP contribution in [0.2, 0.25) is 0 Å². The Morgan fingerprint density at radius 1 is 1.23 bits per heavy atom. The van der Waals surface area contributed by atoms with E-state index in [1.165, 1.54) is 23.9 Å². The molecule has 0 fully saturated rings. The van der Waals surface area contributed by atoms with E-state index in [1.807, 2.05) is 35.0 Å². The predicted molar refractivity (Wildman–Crippen MR) is 101 cm³/mol. The van der Waals surface area contributed by atoms with Gasteiger partial charge in [-0.1, -0.05) is 34.1 Å². The summed E-state index contributed by atoms with van der Waals surface area (Å²) >= 11 is 3.53. The highest BCUT2D eigenvalue weighted by Gasteiger charge is 2.19. The van der Waals surface area contributed by atoms with Crippen molar-refractivity contribution in [3.05, 3.63) is 81.2 Å². The van der Waals surface area contributed by atoms with Crippen LogP contribution >= 0.6 is 15.9 Å². The van der Waals surface area contributed by atoms with E-state index in [2.05, 4.69) is 26.0 Å². The van der Waals surface area contributed by atoms with E-state index in [0.717, 1.165) is 10.0 Å². The number of rotatable bonds is 6. The molecule has 3 rings (SSSR count). The SMILES string of the molecule is Cn1nc(C(=O)N(CCn2ccnc2)Cc2ccccc2Br)ccc1=O. The monoisotopic (exact) mass is 415 g/mol. The number of aryl methyl sites for hydroxylation is 1. The van der Waals surface area contributed by atoms with Crippen LogP contribution in [0.3, 0.4) is 0 Å². The summed E-state index contributed by atoms with van der Waals surface area (Å²) in [6.07, 6.45) is 5.27. The van der Waals surface area contributed by atoms with Crippen LogP contribution in [0.25, 0.3) is 0 Å². The second kappa shape index (κ2) is 8.09. The molecule has 2 heterocycles. The van der Waals surface area contributed by atoms with Crippen LogP contribution < -0.4 is 5.56 Å². The molecule has 3 aromatic rings. The summed E-state index contributed by atoms with van der Waals surface area (Å²) in [6.45, 7) is 1.53. The molecule has 26 heavy (non-hydrogen) atoms. The Hall–Kier alpha value is -2.74. The van der Waals surface area contributed by atoms with E-state index in [0.29, 0.717) is 19.6 Å². The summed E-state index contributed by atoms with van der Waals surface area (Å²) in [4.78, 5) is 30.3. The van der Waals surface area contributed by atoms with Gasteiger partial charge in [-0.2, -0.15) is 5.10 Å². The van der Waals surface area contributed by atoms with Crippen molar-refractivity contribution in [2.45, 2.75) is 13.1 Å². The molecular weight excluding hydrogens is 398 g/mol. The smallest absolute Gasteiger partial charge is 0.274 e. The summed E-state index contributed by atoms with van der Waals surface area (Å²) in [5.41, 5.74) is 0.985. The van der Waals surface area contributed by atoms with Gasteiger partial charge in [0.1, 0.15) is 5.69 Å². The highest BCUT2D eigenvalue weighted by Crippen LogP contribution is 2.18. The summed E-state index contributed by atoms with van der Waals surface area (Å²) in [5.74, 6) is -0.225. The van der Waals surface area contributed by atoms with Gasteiger partial charge < -0.3 is 9.47 Å². The van der Waals surface area contributed by atoms with Crippen LogP contribution in [-0.4, -0.2) is 36.7 Å². The Kier molecular flexibility index (Phi) is 5.62. The zero-order valence-corrected chi connectivity index (χ0v) is 15.8. The molecule has 8 heteroatoms. The Bertz CT molecular complexity index is 952. The number of benzene rings is 1. The number of carbonyl (C=O) groups excluding carboxylic acids is 1. The van der Waals surface area contributed by atoms with Gasteiger partial charge in [0, 0.05) is 49.6 Å². The number of nitrogens with zero attached hydrogens (tertiary/aromatic N) is 5. The summed E-state index contributed by atoms with van der Waals surface area (Å²) < 4.78 is 4.02. The zero-order chi connectivity index (χ0) is 18.5. The molecular formula is C18H18BrN5O2. The third-order valence-electron chi connectivity index (χ3n) is 3.97. The van der Waals surface area contributed by atoms with E-state index in [1.54, 1.807) is 17.4 Å². The predicted octanol–water partition coefficient (Wildman–Crippen LogP) is 2.08. The average molecular weight is 416 g/mol. The molecule has 0 saturated carbocycles. The Morgan fingerprint density at radius 3 is 2.73 bits per heavy atom. The van der Waals surface area contributed by atoms with E-state index >= 15 is 0 Å². The van der Waals surface area contributed by atoms with Gasteiger partial charge in [-0.25, -0.2) is 9.67 Å². The number of hydrogen-bond donors (Lipinski definition) is 0. The summed E-state index contributed by atoms with van der Waals surface area (Å²) in [5, 5.41) is 4.08. The minimum Gasteiger partial charge on any atom is -0.336 e. The maximum Gasteiger partial charge on any atom is 0.274 e. The number of imidazole rings is 1. The molecule has 0 aliphatic heterocycles. The molecule has 0 N–H and O–H groups in total. The molecule has 1 aromatic carbocycles. The quantitative estimate of drug-likeness (QED) is 0.617. The van der Waals surface area contributed by atoms with E-state index < -0.39 is 0 Å². The van der Waals surface area contributed by atoms with Gasteiger partial charge in [0.25, 0.3) is 11.5 Å². The number of hydrogen-bond acceptors (Lipinski definition) is 4. The van der Waals surface area contributed by atoms with Crippen LogP contribution in [0.4, 0.5) is 0 Å². The number of carbonyl (C=O) groups is 1. The average Bonchev–Trinajstić information content (AvgIpc) is 3.15. The highest BCUT2D eigenvalue weighted by molar-refractivity contribution is 9.10. The Balaban J connectivity index is 1.85. The minimum atomic E-state index is -0.252. The molecule has 0 radical (unpaired) electrons. The van der Waals surface area contributed by atoms with Crippen LogP contribution in [0.1, 0.15) is 16.1 Å². The lowest BCUT2D eigenvalue weighted by Gasteiger charge is -2.23. The molecule has 0 aliphatic rings. The fraction of sp³-hybridized carbons (Fsp3) is 0.222. The maximum absolute atomic E-state index is 13.0. The molecule has 0 aliphatic carbocycles. The molecule has 0 bridgehead atoms. The number of halogens is 1. The van der Waals surface area contributed by atoms with Crippen molar-refractivity contribution in [1.29, 1.82) is 0 Å². The van der Waals surface area contributed by atoms with Crippen molar-refractivity contribution in [1.82, 2.24) is 24.2 Å². The normalized spacial score (nSPS) is 10.7. The number of aromatic nitrogens is 4. The van der Waals surface area contributed by atoms with Gasteiger partial charge in [-0.15, -0.1) is 0 Å². The van der Waals surface area contributed by atoms with Crippen molar-refractivity contribution in [2.24, 2.45) is 7.05 Å². The second-order valence-corrected chi connectivity index (χ2v) is 6.65. The first-order valence-electron chi connectivity index (χ1n) is 8.07. The highest BCUT2D eigenvalue weighted by atomic mass is 79.9. The number of amides is 1. The van der Waals surface area contributed by atoms with Gasteiger partial charge in [0.15, 0.2) is 0 Å². The van der Waals surface area contributed by atoms with Crippen molar-refractivity contribution < 1.29 is 4.79 Å². The first-order valence-corrected chi connectivity index (χ1v) is 8.86. The van der Waals surface area contributed by atoms with Gasteiger partial charge in [0.05, 0.1) is 6.33 Å². The van der Waals surface area contributed by atoms with Crippen molar-refractivity contribution in [3.63, 3.8) is 0 Å². The molecule has 0 atom stereocenters. The van der Waals surface area contributed by atoms with Gasteiger partial charge in [-0.3, -0.25) is 9.59 Å². The molecule has 134 valence electrons. The van der Waals surface area contributed by atoms with Crippen molar-refractivity contribution in [3.8, 4) is 0 Å². The Labute approximate surface area is 159 Å². The van der Waals surface area contributed by atoms with Crippen molar-refractivity contribution in [2.75, 3.05) is 6.54 Å². The lowest BCUT2D eigenvalue weighted by atomic mass is 10.2. The molecule has 0 spiro atoms. The first-order chi connectivity index (χ1) is 12.5. The maximum atomic E-state index is 13.0. The van der Waals surface area contributed by atoms with E-state index in [9.17, 15) is 9.59 Å². The molecule has 7 nitrogen and oxygen atoms in total. The fourth-order valence-corrected chi connectivity index (χ4v) is 2.93. The molecule has 2 aromatic heterocycles. The topological polar surface area (TPSA) is 73.0 Å². The summed E-state index contributed by atoms with van der Waals surface area (Å²) in [7, 11) is 1.53. The standard InChI is InChI=1S/C18H18BrN5O2/c1-22-17(25)7-6-16(21-22)18(26)24(11-10-23-9-8-20-13-23)12-14-4-2-3-5-15(14)19/h2-9,13H,10-12H2,1H3. The third kappa shape index (κ3) is 4.26. The van der Waals surface area contributed by atoms with Crippen LogP contribution in [0.5, 0.6) is 0 Å². The van der Waals surface area contributed by atoms with Gasteiger partial charge in [0.2, 0.25) is 0 Å². The lowest BCUT2D eigenvalue weighted by Crippen LogP contribution is -2.35. The van der Waals surface area contributed by atoms with Gasteiger partial charge in [-0.05, 0) is 17.7 Å². The van der Waals surface area contributed by atoms with Crippen LogP contribution in [0, 0.1) is 0 Å².